The van der Waals surface area contributed by atoms with Gasteiger partial charge in [0, 0.05) is 12.0 Å². The van der Waals surface area contributed by atoms with Crippen molar-refractivity contribution in [2.45, 2.75) is 91.0 Å². The Balaban J connectivity index is 3.49. The van der Waals surface area contributed by atoms with E-state index in [2.05, 4.69) is 10.6 Å². The quantitative estimate of drug-likeness (QED) is 0.419. The molecule has 0 aromatic heterocycles. The van der Waals surface area contributed by atoms with Crippen molar-refractivity contribution in [2.75, 3.05) is 6.54 Å². The number of nitrogens with two attached hydrogens (primary N) is 1. The third-order valence-corrected chi connectivity index (χ3v) is 4.95. The van der Waals surface area contributed by atoms with Crippen molar-refractivity contribution in [2.24, 2.45) is 5.73 Å². The van der Waals surface area contributed by atoms with Crippen LogP contribution in [-0.4, -0.2) is 52.4 Å². The van der Waals surface area contributed by atoms with Crippen molar-refractivity contribution >= 4 is 23.8 Å². The lowest BCUT2D eigenvalue weighted by atomic mass is 9.98. The fraction of sp³-hybridized carbons (Fsp3) is 0.577. The van der Waals surface area contributed by atoms with Gasteiger partial charge in [0.1, 0.15) is 24.2 Å². The predicted molar refractivity (Wildman–Crippen MR) is 135 cm³/mol. The second-order valence-corrected chi connectivity index (χ2v) is 10.6. The SMILES string of the molecule is CCc1ccc(C(C(=O)NC(C)(C)C)N(CC#N)C(=O)C(CCC(N)=O)NC(=O)OC(C)(C)C)cc1. The zero-order chi connectivity index (χ0) is 27.7. The Morgan fingerprint density at radius 2 is 1.67 bits per heavy atom. The van der Waals surface area contributed by atoms with E-state index in [1.54, 1.807) is 53.7 Å². The lowest BCUT2D eigenvalue weighted by molar-refractivity contribution is -0.142. The van der Waals surface area contributed by atoms with E-state index >= 15 is 0 Å². The van der Waals surface area contributed by atoms with E-state index < -0.39 is 53.6 Å². The van der Waals surface area contributed by atoms with E-state index in [0.717, 1.165) is 16.9 Å². The van der Waals surface area contributed by atoms with Crippen molar-refractivity contribution < 1.29 is 23.9 Å². The van der Waals surface area contributed by atoms with Gasteiger partial charge in [-0.25, -0.2) is 4.79 Å². The summed E-state index contributed by atoms with van der Waals surface area (Å²) in [6.07, 6.45) is -0.409. The summed E-state index contributed by atoms with van der Waals surface area (Å²) in [6.45, 7) is 12.0. The van der Waals surface area contributed by atoms with E-state index in [0.29, 0.717) is 5.56 Å². The van der Waals surface area contributed by atoms with Crippen LogP contribution in [0.5, 0.6) is 0 Å². The topological polar surface area (TPSA) is 155 Å². The van der Waals surface area contributed by atoms with Crippen molar-refractivity contribution in [3.05, 3.63) is 35.4 Å². The molecule has 0 heterocycles. The summed E-state index contributed by atoms with van der Waals surface area (Å²) in [4.78, 5) is 52.2. The number of nitriles is 1. The van der Waals surface area contributed by atoms with E-state index in [1.165, 1.54) is 0 Å². The summed E-state index contributed by atoms with van der Waals surface area (Å²) in [6, 6.07) is 6.72. The maximum Gasteiger partial charge on any atom is 0.408 e. The van der Waals surface area contributed by atoms with Crippen molar-refractivity contribution in [3.8, 4) is 6.07 Å². The van der Waals surface area contributed by atoms with Crippen LogP contribution in [0, 0.1) is 11.3 Å². The van der Waals surface area contributed by atoms with Gasteiger partial charge in [0.05, 0.1) is 6.07 Å². The molecule has 0 saturated heterocycles. The first-order valence-corrected chi connectivity index (χ1v) is 11.9. The molecule has 36 heavy (non-hydrogen) atoms. The number of hydrogen-bond donors (Lipinski definition) is 3. The lowest BCUT2D eigenvalue weighted by Gasteiger charge is -2.34. The molecule has 4 N–H and O–H groups in total. The summed E-state index contributed by atoms with van der Waals surface area (Å²) in [7, 11) is 0. The number of hydrogen-bond acceptors (Lipinski definition) is 6. The zero-order valence-corrected chi connectivity index (χ0v) is 22.3. The standard InChI is InChI=1S/C26H39N5O5/c1-8-17-9-11-18(12-10-17)21(22(33)30-25(2,3)4)31(16-15-27)23(34)19(13-14-20(28)32)29-24(35)36-26(5,6)7/h9-12,19,21H,8,13-14,16H2,1-7H3,(H2,28,32)(H,29,35)(H,30,33). The van der Waals surface area contributed by atoms with Gasteiger partial charge in [-0.15, -0.1) is 0 Å². The minimum absolute atomic E-state index is 0.127. The lowest BCUT2D eigenvalue weighted by Crippen LogP contribution is -2.54. The molecule has 0 fully saturated rings. The molecule has 198 valence electrons. The van der Waals surface area contributed by atoms with Gasteiger partial charge < -0.3 is 26.0 Å². The van der Waals surface area contributed by atoms with Crippen molar-refractivity contribution in [1.82, 2.24) is 15.5 Å². The molecule has 1 aromatic rings. The number of primary amides is 1. The summed E-state index contributed by atoms with van der Waals surface area (Å²) >= 11 is 0. The highest BCUT2D eigenvalue weighted by molar-refractivity contribution is 5.92. The smallest absolute Gasteiger partial charge is 0.408 e. The molecule has 2 unspecified atom stereocenters. The van der Waals surface area contributed by atoms with E-state index in [4.69, 9.17) is 10.5 Å². The molecule has 1 aromatic carbocycles. The highest BCUT2D eigenvalue weighted by atomic mass is 16.6. The molecule has 4 amide bonds. The number of amides is 4. The Hall–Kier alpha value is -3.61. The maximum absolute atomic E-state index is 13.7. The van der Waals surface area contributed by atoms with Gasteiger partial charge >= 0.3 is 6.09 Å². The van der Waals surface area contributed by atoms with Crippen LogP contribution < -0.4 is 16.4 Å². The minimum atomic E-state index is -1.25. The zero-order valence-electron chi connectivity index (χ0n) is 22.3. The van der Waals surface area contributed by atoms with Gasteiger partial charge in [-0.05, 0) is 65.5 Å². The van der Waals surface area contributed by atoms with Crippen LogP contribution in [0.1, 0.15) is 78.5 Å². The first kappa shape index (κ1) is 30.4. The molecular weight excluding hydrogens is 462 g/mol. The molecule has 0 radical (unpaired) electrons. The van der Waals surface area contributed by atoms with Gasteiger partial charge in [-0.1, -0.05) is 31.2 Å². The third-order valence-electron chi connectivity index (χ3n) is 4.95. The average Bonchev–Trinajstić information content (AvgIpc) is 2.73. The highest BCUT2D eigenvalue weighted by Gasteiger charge is 2.37. The molecular formula is C26H39N5O5. The molecule has 0 spiro atoms. The first-order valence-electron chi connectivity index (χ1n) is 11.9. The van der Waals surface area contributed by atoms with E-state index in [9.17, 15) is 24.4 Å². The monoisotopic (exact) mass is 501 g/mol. The van der Waals surface area contributed by atoms with Crippen LogP contribution in [0.25, 0.3) is 0 Å². The van der Waals surface area contributed by atoms with Crippen LogP contribution in [0.3, 0.4) is 0 Å². The number of carbonyl (C=O) groups excluding carboxylic acids is 4. The second-order valence-electron chi connectivity index (χ2n) is 10.6. The van der Waals surface area contributed by atoms with Gasteiger partial charge in [0.25, 0.3) is 0 Å². The summed E-state index contributed by atoms with van der Waals surface area (Å²) in [5, 5.41) is 14.9. The Bertz CT molecular complexity index is 970. The Labute approximate surface area is 213 Å². The number of benzene rings is 1. The summed E-state index contributed by atoms with van der Waals surface area (Å²) in [5.41, 5.74) is 5.38. The Morgan fingerprint density at radius 3 is 2.11 bits per heavy atom. The third kappa shape index (κ3) is 10.3. The largest absolute Gasteiger partial charge is 0.444 e. The van der Waals surface area contributed by atoms with Gasteiger partial charge in [-0.2, -0.15) is 5.26 Å². The second kappa shape index (κ2) is 12.9. The van der Waals surface area contributed by atoms with Crippen LogP contribution >= 0.6 is 0 Å². The van der Waals surface area contributed by atoms with Gasteiger partial charge in [0.15, 0.2) is 0 Å². The number of rotatable bonds is 10. The molecule has 0 bridgehead atoms. The fourth-order valence-electron chi connectivity index (χ4n) is 3.41. The van der Waals surface area contributed by atoms with Crippen LogP contribution in [0.15, 0.2) is 24.3 Å². The molecule has 0 aliphatic rings. The fourth-order valence-corrected chi connectivity index (χ4v) is 3.41. The van der Waals surface area contributed by atoms with Gasteiger partial charge in [-0.3, -0.25) is 14.4 Å². The molecule has 0 aliphatic carbocycles. The maximum atomic E-state index is 13.7. The molecule has 0 saturated carbocycles. The number of nitrogens with zero attached hydrogens (tertiary/aromatic N) is 2. The van der Waals surface area contributed by atoms with Crippen LogP contribution in [0.2, 0.25) is 0 Å². The minimum Gasteiger partial charge on any atom is -0.444 e. The number of nitrogens with one attached hydrogen (secondary N) is 2. The number of carbonyl (C=O) groups is 4. The first-order chi connectivity index (χ1) is 16.6. The average molecular weight is 502 g/mol. The number of aryl methyl sites for hydroxylation is 1. The van der Waals surface area contributed by atoms with Crippen molar-refractivity contribution in [3.63, 3.8) is 0 Å². The predicted octanol–water partition coefficient (Wildman–Crippen LogP) is 2.72. The van der Waals surface area contributed by atoms with Gasteiger partial charge in [0.2, 0.25) is 17.7 Å². The molecule has 1 rings (SSSR count). The van der Waals surface area contributed by atoms with Crippen molar-refractivity contribution in [1.29, 1.82) is 5.26 Å². The summed E-state index contributed by atoms with van der Waals surface area (Å²) in [5.74, 6) is -1.86. The van der Waals surface area contributed by atoms with E-state index in [-0.39, 0.29) is 12.8 Å². The highest BCUT2D eigenvalue weighted by Crippen LogP contribution is 2.25. The Kier molecular flexibility index (Phi) is 10.9. The summed E-state index contributed by atoms with van der Waals surface area (Å²) < 4.78 is 5.27. The molecule has 10 nitrogen and oxygen atoms in total. The molecule has 2 atom stereocenters. The number of ether oxygens (including phenoxy) is 1. The van der Waals surface area contributed by atoms with E-state index in [1.807, 2.05) is 25.1 Å². The normalized spacial score (nSPS) is 13.1. The molecule has 10 heteroatoms. The molecule has 0 aliphatic heterocycles. The van der Waals surface area contributed by atoms with Crippen LogP contribution in [-0.2, 0) is 25.5 Å². The Morgan fingerprint density at radius 1 is 1.08 bits per heavy atom. The number of alkyl carbamates (subject to hydrolysis) is 1. The van der Waals surface area contributed by atoms with Crippen LogP contribution in [0.4, 0.5) is 4.79 Å².